The molecule has 0 saturated heterocycles. The van der Waals surface area contributed by atoms with Gasteiger partial charge in [-0.15, -0.1) is 11.3 Å². The Morgan fingerprint density at radius 1 is 1.30 bits per heavy atom. The Kier molecular flexibility index (Phi) is 4.30. The summed E-state index contributed by atoms with van der Waals surface area (Å²) in [6.07, 6.45) is 0. The third-order valence-corrected chi connectivity index (χ3v) is 4.91. The average molecular weight is 312 g/mol. The van der Waals surface area contributed by atoms with Crippen LogP contribution in [0.3, 0.4) is 0 Å². The lowest BCUT2D eigenvalue weighted by Gasteiger charge is -2.17. The molecule has 0 aliphatic carbocycles. The second kappa shape index (κ2) is 5.81. The van der Waals surface area contributed by atoms with E-state index < -0.39 is 17.9 Å². The Hall–Kier alpha value is -1.59. The van der Waals surface area contributed by atoms with Gasteiger partial charge in [0.2, 0.25) is 0 Å². The molecule has 1 aromatic carbocycles. The van der Waals surface area contributed by atoms with E-state index in [0.29, 0.717) is 9.90 Å². The largest absolute Gasteiger partial charge is 0.481 e. The van der Waals surface area contributed by atoms with Crippen molar-refractivity contribution >= 4 is 44.9 Å². The molecule has 0 bridgehead atoms. The fourth-order valence-corrected chi connectivity index (χ4v) is 3.19. The lowest BCUT2D eigenvalue weighted by molar-refractivity contribution is -0.141. The molecule has 0 aliphatic heterocycles. The number of amides is 1. The summed E-state index contributed by atoms with van der Waals surface area (Å²) in [4.78, 5) is 23.5. The molecule has 1 aromatic heterocycles. The number of carbonyl (C=O) groups excluding carboxylic acids is 1. The van der Waals surface area contributed by atoms with Crippen molar-refractivity contribution in [1.82, 2.24) is 5.32 Å². The first-order valence-corrected chi connectivity index (χ1v) is 7.32. The third-order valence-electron chi connectivity index (χ3n) is 3.24. The van der Waals surface area contributed by atoms with Crippen molar-refractivity contribution in [2.45, 2.75) is 19.9 Å². The number of hydrogen-bond acceptors (Lipinski definition) is 3. The summed E-state index contributed by atoms with van der Waals surface area (Å²) in [6, 6.07) is 7.02. The molecule has 0 fully saturated rings. The number of carbonyl (C=O) groups is 2. The van der Waals surface area contributed by atoms with Gasteiger partial charge in [0.15, 0.2) is 0 Å². The van der Waals surface area contributed by atoms with Crippen molar-refractivity contribution in [3.05, 3.63) is 34.2 Å². The minimum Gasteiger partial charge on any atom is -0.481 e. The summed E-state index contributed by atoms with van der Waals surface area (Å²) in [5.41, 5.74) is 0. The van der Waals surface area contributed by atoms with Gasteiger partial charge in [-0.05, 0) is 19.9 Å². The van der Waals surface area contributed by atoms with E-state index in [1.807, 2.05) is 24.3 Å². The Bertz CT molecular complexity index is 667. The van der Waals surface area contributed by atoms with Gasteiger partial charge in [0, 0.05) is 16.1 Å². The van der Waals surface area contributed by atoms with E-state index in [-0.39, 0.29) is 5.91 Å². The molecule has 6 heteroatoms. The summed E-state index contributed by atoms with van der Waals surface area (Å²) >= 11 is 7.51. The van der Waals surface area contributed by atoms with Crippen LogP contribution in [0.5, 0.6) is 0 Å². The first kappa shape index (κ1) is 14.8. The number of hydrogen-bond donors (Lipinski definition) is 2. The molecule has 2 unspecified atom stereocenters. The first-order valence-electron chi connectivity index (χ1n) is 6.12. The number of halogens is 1. The summed E-state index contributed by atoms with van der Waals surface area (Å²) in [5.74, 6) is -1.94. The van der Waals surface area contributed by atoms with Crippen LogP contribution in [-0.2, 0) is 4.79 Å². The molecule has 0 radical (unpaired) electrons. The number of rotatable bonds is 4. The van der Waals surface area contributed by atoms with E-state index in [1.54, 1.807) is 13.8 Å². The van der Waals surface area contributed by atoms with Crippen LogP contribution in [0.25, 0.3) is 10.1 Å². The number of benzene rings is 1. The molecular formula is C14H14ClNO3S. The lowest BCUT2D eigenvalue weighted by atomic mass is 10.0. The van der Waals surface area contributed by atoms with Crippen molar-refractivity contribution in [2.24, 2.45) is 5.92 Å². The molecule has 4 nitrogen and oxygen atoms in total. The quantitative estimate of drug-likeness (QED) is 0.909. The van der Waals surface area contributed by atoms with Crippen molar-refractivity contribution in [1.29, 1.82) is 0 Å². The van der Waals surface area contributed by atoms with Gasteiger partial charge in [-0.3, -0.25) is 9.59 Å². The predicted molar refractivity (Wildman–Crippen MR) is 80.6 cm³/mol. The second-order valence-electron chi connectivity index (χ2n) is 4.63. The standard InChI is InChI=1S/C14H14ClNO3S/c1-7(14(18)19)8(2)16-13(17)12-11(15)9-5-3-4-6-10(9)20-12/h3-8H,1-2H3,(H,16,17)(H,18,19). The maximum atomic E-state index is 12.2. The summed E-state index contributed by atoms with van der Waals surface area (Å²) in [5, 5.41) is 12.9. The Morgan fingerprint density at radius 3 is 2.55 bits per heavy atom. The van der Waals surface area contributed by atoms with Gasteiger partial charge in [-0.25, -0.2) is 0 Å². The second-order valence-corrected chi connectivity index (χ2v) is 6.06. The number of nitrogens with one attached hydrogen (secondary N) is 1. The number of carboxylic acids is 1. The van der Waals surface area contributed by atoms with Gasteiger partial charge < -0.3 is 10.4 Å². The van der Waals surface area contributed by atoms with E-state index in [9.17, 15) is 9.59 Å². The smallest absolute Gasteiger partial charge is 0.308 e. The minimum atomic E-state index is -0.944. The highest BCUT2D eigenvalue weighted by Gasteiger charge is 2.24. The van der Waals surface area contributed by atoms with E-state index in [0.717, 1.165) is 10.1 Å². The Labute approximate surface area is 125 Å². The SMILES string of the molecule is CC(NC(=O)c1sc2ccccc2c1Cl)C(C)C(=O)O. The highest BCUT2D eigenvalue weighted by Crippen LogP contribution is 2.35. The summed E-state index contributed by atoms with van der Waals surface area (Å²) in [7, 11) is 0. The van der Waals surface area contributed by atoms with E-state index in [2.05, 4.69) is 5.32 Å². The molecule has 2 rings (SSSR count). The van der Waals surface area contributed by atoms with Crippen LogP contribution < -0.4 is 5.32 Å². The molecule has 2 aromatic rings. The molecule has 0 saturated carbocycles. The zero-order chi connectivity index (χ0) is 14.9. The molecule has 2 N–H and O–H groups in total. The minimum absolute atomic E-state index is 0.336. The maximum Gasteiger partial charge on any atom is 0.308 e. The maximum absolute atomic E-state index is 12.2. The molecule has 0 spiro atoms. The average Bonchev–Trinajstić information content (AvgIpc) is 2.75. The van der Waals surface area contributed by atoms with E-state index in [4.69, 9.17) is 16.7 Å². The van der Waals surface area contributed by atoms with Crippen LogP contribution in [0.2, 0.25) is 5.02 Å². The molecule has 2 atom stereocenters. The number of fused-ring (bicyclic) bond motifs is 1. The zero-order valence-electron chi connectivity index (χ0n) is 11.0. The summed E-state index contributed by atoms with van der Waals surface area (Å²) < 4.78 is 0.932. The predicted octanol–water partition coefficient (Wildman–Crippen LogP) is 3.39. The number of aliphatic carboxylic acids is 1. The highest BCUT2D eigenvalue weighted by atomic mass is 35.5. The van der Waals surface area contributed by atoms with Gasteiger partial charge in [-0.1, -0.05) is 29.8 Å². The number of thiophene rings is 1. The van der Waals surface area contributed by atoms with Crippen LogP contribution >= 0.6 is 22.9 Å². The van der Waals surface area contributed by atoms with E-state index >= 15 is 0 Å². The van der Waals surface area contributed by atoms with Crippen molar-refractivity contribution in [2.75, 3.05) is 0 Å². The van der Waals surface area contributed by atoms with Crippen LogP contribution in [-0.4, -0.2) is 23.0 Å². The normalized spacial score (nSPS) is 13.9. The van der Waals surface area contributed by atoms with Crippen molar-refractivity contribution in [3.63, 3.8) is 0 Å². The van der Waals surface area contributed by atoms with Gasteiger partial charge in [0.05, 0.1) is 10.9 Å². The van der Waals surface area contributed by atoms with Gasteiger partial charge in [0.25, 0.3) is 5.91 Å². The van der Waals surface area contributed by atoms with Gasteiger partial charge >= 0.3 is 5.97 Å². The fourth-order valence-electron chi connectivity index (χ4n) is 1.77. The van der Waals surface area contributed by atoms with Crippen molar-refractivity contribution in [3.8, 4) is 0 Å². The highest BCUT2D eigenvalue weighted by molar-refractivity contribution is 7.21. The Morgan fingerprint density at radius 2 is 1.95 bits per heavy atom. The monoisotopic (exact) mass is 311 g/mol. The van der Waals surface area contributed by atoms with Crippen LogP contribution in [0.1, 0.15) is 23.5 Å². The molecular weight excluding hydrogens is 298 g/mol. The lowest BCUT2D eigenvalue weighted by Crippen LogP contribution is -2.39. The van der Waals surface area contributed by atoms with Crippen LogP contribution in [0.15, 0.2) is 24.3 Å². The Balaban J connectivity index is 2.24. The molecule has 106 valence electrons. The molecule has 0 aliphatic rings. The van der Waals surface area contributed by atoms with E-state index in [1.165, 1.54) is 11.3 Å². The van der Waals surface area contributed by atoms with Gasteiger partial charge in [0.1, 0.15) is 4.88 Å². The summed E-state index contributed by atoms with van der Waals surface area (Å²) in [6.45, 7) is 3.22. The fraction of sp³-hybridized carbons (Fsp3) is 0.286. The zero-order valence-corrected chi connectivity index (χ0v) is 12.6. The molecule has 20 heavy (non-hydrogen) atoms. The van der Waals surface area contributed by atoms with Crippen LogP contribution in [0.4, 0.5) is 0 Å². The molecule has 1 amide bonds. The van der Waals surface area contributed by atoms with Gasteiger partial charge in [-0.2, -0.15) is 0 Å². The molecule has 1 heterocycles. The topological polar surface area (TPSA) is 66.4 Å². The van der Waals surface area contributed by atoms with Crippen molar-refractivity contribution < 1.29 is 14.7 Å². The van der Waals surface area contributed by atoms with Crippen LogP contribution in [0, 0.1) is 5.92 Å². The number of carboxylic acid groups (broad SMARTS) is 1. The first-order chi connectivity index (χ1) is 9.41. The third kappa shape index (κ3) is 2.78.